The highest BCUT2D eigenvalue weighted by Crippen LogP contribution is 2.33. The van der Waals surface area contributed by atoms with Gasteiger partial charge in [-0.3, -0.25) is 14.5 Å². The molecule has 0 saturated carbocycles. The number of carbonyl (C=O) groups excluding carboxylic acids is 2. The van der Waals surface area contributed by atoms with Crippen LogP contribution in [0.2, 0.25) is 0 Å². The highest BCUT2D eigenvalue weighted by Gasteiger charge is 2.34. The Morgan fingerprint density at radius 1 is 1.08 bits per heavy atom. The molecule has 1 aliphatic heterocycles. The number of benzene rings is 2. The minimum absolute atomic E-state index is 0.265. The lowest BCUT2D eigenvalue weighted by Crippen LogP contribution is -2.27. The number of imide groups is 1. The monoisotopic (exact) mass is 446 g/mol. The number of rotatable bonds is 3. The zero-order valence-electron chi connectivity index (χ0n) is 12.4. The predicted molar refractivity (Wildman–Crippen MR) is 102 cm³/mol. The molecule has 0 bridgehead atoms. The van der Waals surface area contributed by atoms with Crippen molar-refractivity contribution in [2.24, 2.45) is 0 Å². The minimum Gasteiger partial charge on any atom is -0.268 e. The quantitative estimate of drug-likeness (QED) is 0.518. The van der Waals surface area contributed by atoms with Crippen molar-refractivity contribution in [3.63, 3.8) is 0 Å². The predicted octanol–water partition coefficient (Wildman–Crippen LogP) is 4.40. The Balaban J connectivity index is 1.79. The summed E-state index contributed by atoms with van der Waals surface area (Å²) in [6.45, 7) is 0.270. The van der Waals surface area contributed by atoms with Crippen LogP contribution in [0, 0.1) is 14.9 Å². The average molecular weight is 446 g/mol. The van der Waals surface area contributed by atoms with Crippen LogP contribution in [0.25, 0.3) is 6.08 Å². The molecule has 2 aromatic carbocycles. The minimum atomic E-state index is -0.284. The van der Waals surface area contributed by atoms with Crippen LogP contribution in [0.5, 0.6) is 0 Å². The summed E-state index contributed by atoms with van der Waals surface area (Å²) in [5, 5.41) is 8.54. The molecule has 118 valence electrons. The van der Waals surface area contributed by atoms with Gasteiger partial charge >= 0.3 is 0 Å². The van der Waals surface area contributed by atoms with Gasteiger partial charge in [0.25, 0.3) is 11.1 Å². The van der Waals surface area contributed by atoms with E-state index in [1.165, 1.54) is 4.90 Å². The average Bonchev–Trinajstić information content (AvgIpc) is 2.85. The molecule has 6 heteroatoms. The number of thioether (sulfide) groups is 1. The Labute approximate surface area is 157 Å². The molecule has 0 radical (unpaired) electrons. The number of nitriles is 1. The van der Waals surface area contributed by atoms with Crippen molar-refractivity contribution in [2.75, 3.05) is 0 Å². The van der Waals surface area contributed by atoms with Gasteiger partial charge in [0.05, 0.1) is 23.1 Å². The second-order valence-corrected chi connectivity index (χ2v) is 7.37. The molecule has 0 spiro atoms. The molecule has 0 N–H and O–H groups in total. The van der Waals surface area contributed by atoms with Crippen LogP contribution in [0.15, 0.2) is 53.4 Å². The van der Waals surface area contributed by atoms with Crippen LogP contribution >= 0.6 is 34.4 Å². The topological polar surface area (TPSA) is 61.2 Å². The van der Waals surface area contributed by atoms with E-state index in [2.05, 4.69) is 22.6 Å². The van der Waals surface area contributed by atoms with E-state index in [-0.39, 0.29) is 17.7 Å². The lowest BCUT2D eigenvalue weighted by Gasteiger charge is -2.12. The maximum Gasteiger partial charge on any atom is 0.293 e. The van der Waals surface area contributed by atoms with Crippen LogP contribution in [0.3, 0.4) is 0 Å². The number of amides is 2. The smallest absolute Gasteiger partial charge is 0.268 e. The van der Waals surface area contributed by atoms with Crippen molar-refractivity contribution in [1.82, 2.24) is 4.90 Å². The molecule has 1 fully saturated rings. The fourth-order valence-electron chi connectivity index (χ4n) is 2.21. The van der Waals surface area contributed by atoms with Gasteiger partial charge in [-0.25, -0.2) is 0 Å². The molecule has 24 heavy (non-hydrogen) atoms. The summed E-state index contributed by atoms with van der Waals surface area (Å²) in [6.07, 6.45) is 1.68. The summed E-state index contributed by atoms with van der Waals surface area (Å²) in [5.41, 5.74) is 2.25. The number of nitrogens with zero attached hydrogens (tertiary/aromatic N) is 2. The molecular formula is C18H11IN2O2S. The molecule has 2 amide bonds. The highest BCUT2D eigenvalue weighted by molar-refractivity contribution is 14.1. The van der Waals surface area contributed by atoms with Crippen molar-refractivity contribution < 1.29 is 9.59 Å². The standard InChI is InChI=1S/C18H11IN2O2S/c19-15-7-5-14(6-8-15)11-21-17(22)16(24-18(21)23)9-12-1-3-13(10-20)4-2-12/h1-9H,11H2/b16-9-. The fraction of sp³-hybridized carbons (Fsp3) is 0.0556. The summed E-state index contributed by atoms with van der Waals surface area (Å²) in [5.74, 6) is -0.284. The molecule has 3 rings (SSSR count). The Kier molecular flexibility index (Phi) is 5.02. The van der Waals surface area contributed by atoms with Gasteiger partial charge in [-0.15, -0.1) is 0 Å². The Hall–Kier alpha value is -2.11. The van der Waals surface area contributed by atoms with E-state index in [9.17, 15) is 9.59 Å². The maximum atomic E-state index is 12.5. The number of hydrogen-bond acceptors (Lipinski definition) is 4. The van der Waals surface area contributed by atoms with Gasteiger partial charge in [0, 0.05) is 3.57 Å². The van der Waals surface area contributed by atoms with Gasteiger partial charge in [0.1, 0.15) is 0 Å². The Bertz CT molecular complexity index is 867. The van der Waals surface area contributed by atoms with Crippen molar-refractivity contribution in [2.45, 2.75) is 6.54 Å². The lowest BCUT2D eigenvalue weighted by molar-refractivity contribution is -0.123. The first kappa shape index (κ1) is 16.7. The van der Waals surface area contributed by atoms with E-state index < -0.39 is 0 Å². The second kappa shape index (κ2) is 7.20. The van der Waals surface area contributed by atoms with Gasteiger partial charge in [-0.05, 0) is 75.8 Å². The zero-order chi connectivity index (χ0) is 17.1. The van der Waals surface area contributed by atoms with Gasteiger partial charge in [0.15, 0.2) is 0 Å². The lowest BCUT2D eigenvalue weighted by atomic mass is 10.1. The SMILES string of the molecule is N#Cc1ccc(/C=C2\SC(=O)N(Cc3ccc(I)cc3)C2=O)cc1. The van der Waals surface area contributed by atoms with E-state index in [1.807, 2.05) is 30.3 Å². The number of halogens is 1. The zero-order valence-corrected chi connectivity index (χ0v) is 15.4. The van der Waals surface area contributed by atoms with E-state index in [0.29, 0.717) is 10.5 Å². The summed E-state index contributed by atoms with van der Waals surface area (Å²) in [6, 6.07) is 16.6. The van der Waals surface area contributed by atoms with Crippen molar-refractivity contribution in [3.05, 3.63) is 73.7 Å². The molecule has 1 saturated heterocycles. The number of carbonyl (C=O) groups is 2. The van der Waals surface area contributed by atoms with Crippen LogP contribution < -0.4 is 0 Å². The molecule has 1 heterocycles. The summed E-state index contributed by atoms with van der Waals surface area (Å²) in [7, 11) is 0. The van der Waals surface area contributed by atoms with E-state index in [0.717, 1.165) is 26.5 Å². The van der Waals surface area contributed by atoms with E-state index >= 15 is 0 Å². The summed E-state index contributed by atoms with van der Waals surface area (Å²) < 4.78 is 1.10. The van der Waals surface area contributed by atoms with Crippen molar-refractivity contribution in [1.29, 1.82) is 5.26 Å². The first-order valence-corrected chi connectivity index (χ1v) is 8.96. The van der Waals surface area contributed by atoms with Crippen LogP contribution in [0.1, 0.15) is 16.7 Å². The first-order valence-electron chi connectivity index (χ1n) is 7.07. The third-order valence-corrected chi connectivity index (χ3v) is 5.09. The van der Waals surface area contributed by atoms with E-state index in [1.54, 1.807) is 30.3 Å². The van der Waals surface area contributed by atoms with Gasteiger partial charge in [0.2, 0.25) is 0 Å². The molecule has 1 aliphatic rings. The molecule has 0 aromatic heterocycles. The number of hydrogen-bond donors (Lipinski definition) is 0. The molecule has 0 unspecified atom stereocenters. The molecule has 0 atom stereocenters. The summed E-state index contributed by atoms with van der Waals surface area (Å²) >= 11 is 3.15. The Morgan fingerprint density at radius 2 is 1.75 bits per heavy atom. The van der Waals surface area contributed by atoms with Crippen molar-refractivity contribution in [3.8, 4) is 6.07 Å². The maximum absolute atomic E-state index is 12.5. The van der Waals surface area contributed by atoms with Gasteiger partial charge in [-0.2, -0.15) is 5.26 Å². The van der Waals surface area contributed by atoms with Gasteiger partial charge < -0.3 is 0 Å². The molecule has 4 nitrogen and oxygen atoms in total. The normalized spacial score (nSPS) is 15.8. The van der Waals surface area contributed by atoms with Crippen molar-refractivity contribution >= 4 is 51.6 Å². The van der Waals surface area contributed by atoms with Crippen LogP contribution in [-0.4, -0.2) is 16.0 Å². The largest absolute Gasteiger partial charge is 0.293 e. The second-order valence-electron chi connectivity index (χ2n) is 5.13. The van der Waals surface area contributed by atoms with Crippen LogP contribution in [0.4, 0.5) is 4.79 Å². The third kappa shape index (κ3) is 3.68. The molecular weight excluding hydrogens is 435 g/mol. The molecule has 2 aromatic rings. The van der Waals surface area contributed by atoms with Crippen LogP contribution in [-0.2, 0) is 11.3 Å². The first-order chi connectivity index (χ1) is 11.6. The van der Waals surface area contributed by atoms with E-state index in [4.69, 9.17) is 5.26 Å². The highest BCUT2D eigenvalue weighted by atomic mass is 127. The Morgan fingerprint density at radius 3 is 2.38 bits per heavy atom. The molecule has 0 aliphatic carbocycles. The fourth-order valence-corrected chi connectivity index (χ4v) is 3.41. The third-order valence-electron chi connectivity index (χ3n) is 3.47. The van der Waals surface area contributed by atoms with Gasteiger partial charge in [-0.1, -0.05) is 24.3 Å². The summed E-state index contributed by atoms with van der Waals surface area (Å²) in [4.78, 5) is 26.3.